The summed E-state index contributed by atoms with van der Waals surface area (Å²) in [7, 11) is -3.40. The summed E-state index contributed by atoms with van der Waals surface area (Å²) >= 11 is 0. The van der Waals surface area contributed by atoms with Crippen molar-refractivity contribution >= 4 is 10.0 Å². The summed E-state index contributed by atoms with van der Waals surface area (Å²) in [6, 6.07) is 13.6. The first-order valence-corrected chi connectivity index (χ1v) is 9.70. The highest BCUT2D eigenvalue weighted by molar-refractivity contribution is 7.89. The van der Waals surface area contributed by atoms with Gasteiger partial charge in [0.25, 0.3) is 0 Å². The van der Waals surface area contributed by atoms with Crippen LogP contribution in [-0.4, -0.2) is 25.8 Å². The lowest BCUT2D eigenvalue weighted by atomic mass is 9.91. The molecule has 1 fully saturated rings. The van der Waals surface area contributed by atoms with Crippen molar-refractivity contribution in [3.63, 3.8) is 0 Å². The third kappa shape index (κ3) is 3.84. The largest absolute Gasteiger partial charge is 0.243 e. The minimum atomic E-state index is -3.40. The highest BCUT2D eigenvalue weighted by atomic mass is 32.2. The molecular formula is C19H22FNO2S. The smallest absolute Gasteiger partial charge is 0.207 e. The Kier molecular flexibility index (Phi) is 5.01. The number of piperidine rings is 1. The standard InChI is InChI=1S/C19H22FNO2S/c1-15-3-2-4-19(13-15)24(22,23)21-11-9-17(10-12-21)14-16-5-7-18(20)8-6-16/h2-8,13,17H,9-12,14H2,1H3. The molecule has 2 aromatic rings. The van der Waals surface area contributed by atoms with Crippen LogP contribution in [0.1, 0.15) is 24.0 Å². The number of benzene rings is 2. The summed E-state index contributed by atoms with van der Waals surface area (Å²) in [5.41, 5.74) is 2.05. The first kappa shape index (κ1) is 17.1. The van der Waals surface area contributed by atoms with E-state index in [1.807, 2.05) is 25.1 Å². The van der Waals surface area contributed by atoms with E-state index in [0.717, 1.165) is 30.4 Å². The van der Waals surface area contributed by atoms with E-state index in [2.05, 4.69) is 0 Å². The number of sulfonamides is 1. The van der Waals surface area contributed by atoms with Gasteiger partial charge < -0.3 is 0 Å². The molecule has 0 amide bonds. The second kappa shape index (κ2) is 7.03. The van der Waals surface area contributed by atoms with Gasteiger partial charge in [-0.3, -0.25) is 0 Å². The summed E-state index contributed by atoms with van der Waals surface area (Å²) < 4.78 is 40.0. The van der Waals surface area contributed by atoms with Crippen LogP contribution >= 0.6 is 0 Å². The van der Waals surface area contributed by atoms with Crippen molar-refractivity contribution in [2.45, 2.75) is 31.1 Å². The lowest BCUT2D eigenvalue weighted by molar-refractivity contribution is 0.273. The molecule has 0 N–H and O–H groups in total. The molecule has 1 saturated heterocycles. The third-order valence-electron chi connectivity index (χ3n) is 4.64. The number of hydrogen-bond acceptors (Lipinski definition) is 2. The number of aryl methyl sites for hydroxylation is 1. The van der Waals surface area contributed by atoms with Crippen molar-refractivity contribution in [2.24, 2.45) is 5.92 Å². The molecule has 3 rings (SSSR count). The fraction of sp³-hybridized carbons (Fsp3) is 0.368. The van der Waals surface area contributed by atoms with E-state index in [9.17, 15) is 12.8 Å². The lowest BCUT2D eigenvalue weighted by Gasteiger charge is -2.31. The Morgan fingerprint density at radius 2 is 1.75 bits per heavy atom. The van der Waals surface area contributed by atoms with Crippen LogP contribution in [0.25, 0.3) is 0 Å². The Bertz CT molecular complexity index is 794. The summed E-state index contributed by atoms with van der Waals surface area (Å²) in [5.74, 6) is 0.220. The van der Waals surface area contributed by atoms with E-state index >= 15 is 0 Å². The summed E-state index contributed by atoms with van der Waals surface area (Å²) in [6.07, 6.45) is 2.55. The Labute approximate surface area is 143 Å². The van der Waals surface area contributed by atoms with E-state index in [-0.39, 0.29) is 5.82 Å². The molecule has 0 spiro atoms. The van der Waals surface area contributed by atoms with Gasteiger partial charge in [-0.15, -0.1) is 0 Å². The minimum Gasteiger partial charge on any atom is -0.207 e. The van der Waals surface area contributed by atoms with Crippen LogP contribution in [0.3, 0.4) is 0 Å². The van der Waals surface area contributed by atoms with Gasteiger partial charge in [0.2, 0.25) is 10.0 Å². The van der Waals surface area contributed by atoms with Crippen molar-refractivity contribution in [3.05, 3.63) is 65.5 Å². The molecule has 5 heteroatoms. The Morgan fingerprint density at radius 1 is 1.08 bits per heavy atom. The first-order chi connectivity index (χ1) is 11.4. The number of nitrogens with zero attached hydrogens (tertiary/aromatic N) is 1. The molecule has 0 saturated carbocycles. The zero-order chi connectivity index (χ0) is 17.2. The van der Waals surface area contributed by atoms with Crippen molar-refractivity contribution in [3.8, 4) is 0 Å². The highest BCUT2D eigenvalue weighted by Gasteiger charge is 2.29. The molecule has 128 valence electrons. The van der Waals surface area contributed by atoms with Crippen molar-refractivity contribution in [1.29, 1.82) is 0 Å². The Morgan fingerprint density at radius 3 is 2.38 bits per heavy atom. The first-order valence-electron chi connectivity index (χ1n) is 8.26. The molecule has 1 heterocycles. The zero-order valence-corrected chi connectivity index (χ0v) is 14.6. The van der Waals surface area contributed by atoms with Gasteiger partial charge in [0.1, 0.15) is 5.82 Å². The molecule has 3 nitrogen and oxygen atoms in total. The SMILES string of the molecule is Cc1cccc(S(=O)(=O)N2CCC(Cc3ccc(F)cc3)CC2)c1. The van der Waals surface area contributed by atoms with Crippen LogP contribution in [0, 0.1) is 18.7 Å². The number of halogens is 1. The molecule has 0 bridgehead atoms. The predicted molar refractivity (Wildman–Crippen MR) is 92.8 cm³/mol. The third-order valence-corrected chi connectivity index (χ3v) is 6.53. The van der Waals surface area contributed by atoms with Gasteiger partial charge in [-0.25, -0.2) is 12.8 Å². The highest BCUT2D eigenvalue weighted by Crippen LogP contribution is 2.26. The molecular weight excluding hydrogens is 325 g/mol. The topological polar surface area (TPSA) is 37.4 Å². The Hall–Kier alpha value is -1.72. The van der Waals surface area contributed by atoms with Crippen LogP contribution in [0.4, 0.5) is 4.39 Å². The van der Waals surface area contributed by atoms with Crippen LogP contribution in [-0.2, 0) is 16.4 Å². The molecule has 0 aromatic heterocycles. The average Bonchev–Trinajstić information content (AvgIpc) is 2.57. The molecule has 2 aromatic carbocycles. The van der Waals surface area contributed by atoms with Gasteiger partial charge in [-0.05, 0) is 67.5 Å². The van der Waals surface area contributed by atoms with Crippen LogP contribution in [0.2, 0.25) is 0 Å². The monoisotopic (exact) mass is 347 g/mol. The molecule has 0 atom stereocenters. The summed E-state index contributed by atoms with van der Waals surface area (Å²) in [4.78, 5) is 0.375. The van der Waals surface area contributed by atoms with E-state index in [1.54, 1.807) is 22.5 Å². The number of rotatable bonds is 4. The van der Waals surface area contributed by atoms with Gasteiger partial charge in [0.05, 0.1) is 4.90 Å². The van der Waals surface area contributed by atoms with Gasteiger partial charge >= 0.3 is 0 Å². The lowest BCUT2D eigenvalue weighted by Crippen LogP contribution is -2.38. The van der Waals surface area contributed by atoms with E-state index in [4.69, 9.17) is 0 Å². The minimum absolute atomic E-state index is 0.224. The van der Waals surface area contributed by atoms with Gasteiger partial charge in [-0.2, -0.15) is 4.31 Å². The van der Waals surface area contributed by atoms with Crippen molar-refractivity contribution in [2.75, 3.05) is 13.1 Å². The van der Waals surface area contributed by atoms with Crippen LogP contribution in [0.15, 0.2) is 53.4 Å². The normalized spacial score (nSPS) is 17.1. The van der Waals surface area contributed by atoms with E-state index < -0.39 is 10.0 Å². The Balaban J connectivity index is 1.63. The molecule has 1 aliphatic rings. The van der Waals surface area contributed by atoms with Gasteiger partial charge in [-0.1, -0.05) is 24.3 Å². The summed E-state index contributed by atoms with van der Waals surface area (Å²) in [5, 5.41) is 0. The zero-order valence-electron chi connectivity index (χ0n) is 13.8. The van der Waals surface area contributed by atoms with E-state index in [1.165, 1.54) is 12.1 Å². The molecule has 0 unspecified atom stereocenters. The molecule has 0 radical (unpaired) electrons. The van der Waals surface area contributed by atoms with Gasteiger partial charge in [0, 0.05) is 13.1 Å². The molecule has 1 aliphatic heterocycles. The molecule has 24 heavy (non-hydrogen) atoms. The fourth-order valence-corrected chi connectivity index (χ4v) is 4.81. The predicted octanol–water partition coefficient (Wildman–Crippen LogP) is 3.78. The number of hydrogen-bond donors (Lipinski definition) is 0. The maximum Gasteiger partial charge on any atom is 0.243 e. The average molecular weight is 347 g/mol. The van der Waals surface area contributed by atoms with Crippen LogP contribution < -0.4 is 0 Å². The van der Waals surface area contributed by atoms with E-state index in [0.29, 0.717) is 23.9 Å². The molecule has 0 aliphatic carbocycles. The second-order valence-electron chi connectivity index (χ2n) is 6.49. The maximum atomic E-state index is 13.0. The van der Waals surface area contributed by atoms with Gasteiger partial charge in [0.15, 0.2) is 0 Å². The van der Waals surface area contributed by atoms with Crippen LogP contribution in [0.5, 0.6) is 0 Å². The van der Waals surface area contributed by atoms with Crippen molar-refractivity contribution in [1.82, 2.24) is 4.31 Å². The fourth-order valence-electron chi connectivity index (χ4n) is 3.23. The maximum absolute atomic E-state index is 13.0. The second-order valence-corrected chi connectivity index (χ2v) is 8.43. The summed E-state index contributed by atoms with van der Waals surface area (Å²) in [6.45, 7) is 2.98. The van der Waals surface area contributed by atoms with Crippen molar-refractivity contribution < 1.29 is 12.8 Å². The quantitative estimate of drug-likeness (QED) is 0.844.